The van der Waals surface area contributed by atoms with Gasteiger partial charge in [0.05, 0.1) is 0 Å². The quantitative estimate of drug-likeness (QED) is 0.112. The van der Waals surface area contributed by atoms with E-state index in [2.05, 4.69) is 250 Å². The maximum absolute atomic E-state index is 6.94. The van der Waals surface area contributed by atoms with Gasteiger partial charge in [0.25, 0.3) is 0 Å². The van der Waals surface area contributed by atoms with Crippen molar-refractivity contribution >= 4 is 32.7 Å². The molecule has 0 aliphatic carbocycles. The first kappa shape index (κ1) is 55.8. The van der Waals surface area contributed by atoms with Crippen LogP contribution in [-0.4, -0.2) is 71.2 Å². The molecule has 8 aromatic carbocycles. The Kier molecular flexibility index (Phi) is 14.8. The van der Waals surface area contributed by atoms with E-state index in [-0.39, 0.29) is 21.7 Å². The molecule has 0 bridgehead atoms. The molecule has 0 atom stereocenters. The Morgan fingerprint density at radius 2 is 0.358 bits per heavy atom. The van der Waals surface area contributed by atoms with Gasteiger partial charge in [0, 0.05) is 0 Å². The molecule has 8 aromatic rings. The fourth-order valence-corrected chi connectivity index (χ4v) is 25.4. The van der Waals surface area contributed by atoms with Gasteiger partial charge in [-0.05, 0) is 0 Å². The Balaban J connectivity index is 1.08. The molecule has 0 unspecified atom stereocenters. The Hall–Kier alpha value is -5.76. The molecule has 0 radical (unpaired) electrons. The summed E-state index contributed by atoms with van der Waals surface area (Å²) in [6.45, 7) is 21.8. The number of hydrogen-bond donors (Lipinski definition) is 0. The van der Waals surface area contributed by atoms with Crippen molar-refractivity contribution < 1.29 is 37.9 Å². The molecule has 4 saturated heterocycles. The average molecular weight is 1190 g/mol. The third-order valence-electron chi connectivity index (χ3n) is 16.7. The van der Waals surface area contributed by atoms with Crippen molar-refractivity contribution in [1.82, 2.24) is 0 Å². The summed E-state index contributed by atoms with van der Waals surface area (Å²) in [6.07, 6.45) is 0. The summed E-state index contributed by atoms with van der Waals surface area (Å²) in [7, 11) is 0. The topological polar surface area (TPSA) is 73.8 Å². The number of hydrogen-bond acceptors (Lipinski definition) is 8. The van der Waals surface area contributed by atoms with Crippen LogP contribution in [0.5, 0.6) is 0 Å². The first-order valence-electron chi connectivity index (χ1n) is 28.7. The number of rotatable bonds is 12. The molecule has 0 amide bonds. The van der Waals surface area contributed by atoms with Gasteiger partial charge in [0.15, 0.2) is 0 Å². The second-order valence-corrected chi connectivity index (χ2v) is 36.8. The zero-order valence-electron chi connectivity index (χ0n) is 48.2. The van der Waals surface area contributed by atoms with E-state index in [1.165, 1.54) is 14.3 Å². The molecule has 0 spiro atoms. The number of ether oxygens (including phenoxy) is 8. The van der Waals surface area contributed by atoms with E-state index in [4.69, 9.17) is 37.9 Å². The minimum atomic E-state index is -4.68. The molecule has 4 aliphatic rings. The number of benzene rings is 8. The molecule has 416 valence electrons. The molecule has 4 fully saturated rings. The van der Waals surface area contributed by atoms with E-state index in [1.807, 2.05) is 24.3 Å². The summed E-state index contributed by atoms with van der Waals surface area (Å²) in [4.78, 5) is 0. The van der Waals surface area contributed by atoms with Crippen LogP contribution in [0, 0.1) is 21.7 Å². The molecular formula is C72H76O8Sn. The summed E-state index contributed by atoms with van der Waals surface area (Å²) in [5.74, 6) is -4.39. The van der Waals surface area contributed by atoms with E-state index in [0.29, 0.717) is 52.9 Å². The van der Waals surface area contributed by atoms with Crippen molar-refractivity contribution in [1.29, 1.82) is 0 Å². The summed E-state index contributed by atoms with van der Waals surface area (Å²) < 4.78 is 60.5. The standard InChI is InChI=1S/4C18H19O2.Sn/c4*1-17(2)13-19-18(20-14-17,15-9-5-3-6-10-15)16-11-7-4-8-12-16;/h4*3,5-12H,13-14H2,1-2H3;. The van der Waals surface area contributed by atoms with Crippen LogP contribution in [0.3, 0.4) is 0 Å². The fraction of sp³-hybridized carbons (Fsp3) is 0.333. The van der Waals surface area contributed by atoms with Gasteiger partial charge in [0.1, 0.15) is 0 Å². The minimum absolute atomic E-state index is 0.149. The molecule has 81 heavy (non-hydrogen) atoms. The van der Waals surface area contributed by atoms with Gasteiger partial charge in [-0.3, -0.25) is 0 Å². The van der Waals surface area contributed by atoms with Crippen molar-refractivity contribution in [2.75, 3.05) is 52.9 Å². The normalized spacial score (nSPS) is 21.3. The van der Waals surface area contributed by atoms with Crippen LogP contribution in [0.25, 0.3) is 0 Å². The second kappa shape index (κ2) is 21.5. The molecule has 0 aromatic heterocycles. The Morgan fingerprint density at radius 3 is 0.519 bits per heavy atom. The molecule has 4 heterocycles. The first-order valence-corrected chi connectivity index (χ1v) is 34.4. The van der Waals surface area contributed by atoms with E-state index in [9.17, 15) is 0 Å². The molecule has 12 rings (SSSR count). The van der Waals surface area contributed by atoms with Gasteiger partial charge >= 0.3 is 487 Å². The summed E-state index contributed by atoms with van der Waals surface area (Å²) in [6, 6.07) is 78.2. The maximum atomic E-state index is 6.94. The molecule has 0 saturated carbocycles. The van der Waals surface area contributed by atoms with Gasteiger partial charge < -0.3 is 0 Å². The first-order chi connectivity index (χ1) is 38.9. The van der Waals surface area contributed by atoms with Gasteiger partial charge in [-0.2, -0.15) is 0 Å². The monoisotopic (exact) mass is 1190 g/mol. The Morgan fingerprint density at radius 1 is 0.210 bits per heavy atom. The molecule has 8 nitrogen and oxygen atoms in total. The van der Waals surface area contributed by atoms with Gasteiger partial charge in [-0.25, -0.2) is 0 Å². The molecule has 9 heteroatoms. The van der Waals surface area contributed by atoms with Crippen molar-refractivity contribution in [3.63, 3.8) is 0 Å². The predicted molar refractivity (Wildman–Crippen MR) is 322 cm³/mol. The zero-order valence-corrected chi connectivity index (χ0v) is 51.1. The van der Waals surface area contributed by atoms with E-state index in [1.54, 1.807) is 0 Å². The SMILES string of the molecule is CC1(C)COC(c2ccccc2)(c2cc[c]([Sn]([c]3ccc(C4(c5ccccc5)OCC(C)(C)CO4)cc3)([c]3ccc(C4(c5ccccc5)OCC(C)(C)CO4)cc3)[c]3ccc(C4(c5ccccc5)OCC(C)(C)CO4)cc3)cc2)OC1. The van der Waals surface area contributed by atoms with Crippen LogP contribution >= 0.6 is 0 Å². The molecule has 4 aliphatic heterocycles. The van der Waals surface area contributed by atoms with E-state index < -0.39 is 41.5 Å². The third-order valence-corrected chi connectivity index (χ3v) is 30.4. The van der Waals surface area contributed by atoms with Crippen LogP contribution in [0.2, 0.25) is 0 Å². The van der Waals surface area contributed by atoms with Crippen molar-refractivity contribution in [3.05, 3.63) is 263 Å². The van der Waals surface area contributed by atoms with Crippen molar-refractivity contribution in [2.45, 2.75) is 78.5 Å². The van der Waals surface area contributed by atoms with Crippen LogP contribution < -0.4 is 14.3 Å². The van der Waals surface area contributed by atoms with Crippen LogP contribution in [0.1, 0.15) is 99.9 Å². The predicted octanol–water partition coefficient (Wildman–Crippen LogP) is 12.2. The van der Waals surface area contributed by atoms with E-state index >= 15 is 0 Å². The van der Waals surface area contributed by atoms with Crippen LogP contribution in [0.15, 0.2) is 218 Å². The van der Waals surface area contributed by atoms with Crippen LogP contribution in [0.4, 0.5) is 0 Å². The summed E-state index contributed by atoms with van der Waals surface area (Å²) in [5.41, 5.74) is 6.98. The van der Waals surface area contributed by atoms with Gasteiger partial charge in [0.2, 0.25) is 0 Å². The molecule has 0 N–H and O–H groups in total. The Bertz CT molecular complexity index is 2910. The van der Waals surface area contributed by atoms with Gasteiger partial charge in [-0.1, -0.05) is 0 Å². The third kappa shape index (κ3) is 10.3. The van der Waals surface area contributed by atoms with Crippen LogP contribution in [-0.2, 0) is 61.0 Å². The fourth-order valence-electron chi connectivity index (χ4n) is 12.1. The second-order valence-electron chi connectivity index (χ2n) is 26.0. The average Bonchev–Trinajstić information content (AvgIpc) is 3.54. The summed E-state index contributed by atoms with van der Waals surface area (Å²) in [5, 5.41) is 0. The molecular weight excluding hydrogens is 1110 g/mol. The van der Waals surface area contributed by atoms with Crippen molar-refractivity contribution in [2.24, 2.45) is 21.7 Å². The zero-order chi connectivity index (χ0) is 56.2. The Labute approximate surface area is 483 Å². The van der Waals surface area contributed by atoms with E-state index in [0.717, 1.165) is 44.5 Å². The summed E-state index contributed by atoms with van der Waals surface area (Å²) >= 11 is -4.68. The van der Waals surface area contributed by atoms with Gasteiger partial charge in [-0.15, -0.1) is 0 Å². The van der Waals surface area contributed by atoms with Crippen molar-refractivity contribution in [3.8, 4) is 0 Å².